The lowest BCUT2D eigenvalue weighted by atomic mass is 10.0. The second kappa shape index (κ2) is 9.49. The monoisotopic (exact) mass is 421 g/mol. The molecule has 1 saturated heterocycles. The average molecular weight is 422 g/mol. The van der Waals surface area contributed by atoms with E-state index in [2.05, 4.69) is 16.3 Å². The van der Waals surface area contributed by atoms with Gasteiger partial charge in [0, 0.05) is 0 Å². The van der Waals surface area contributed by atoms with Crippen molar-refractivity contribution in [1.29, 1.82) is 0 Å². The Hall–Kier alpha value is -2.57. The summed E-state index contributed by atoms with van der Waals surface area (Å²) in [7, 11) is 0. The molecule has 1 aliphatic rings. The molecule has 0 spiro atoms. The number of thiazole rings is 1. The number of carbonyl (C=O) groups excluding carboxylic acids is 2. The number of nitrogens with one attached hydrogen (secondary N) is 1. The van der Waals surface area contributed by atoms with Crippen LogP contribution < -0.4 is 5.32 Å². The van der Waals surface area contributed by atoms with Crippen LogP contribution >= 0.6 is 11.3 Å². The zero-order valence-corrected chi connectivity index (χ0v) is 18.0. The van der Waals surface area contributed by atoms with Crippen LogP contribution in [0.2, 0.25) is 0 Å². The smallest absolute Gasteiger partial charge is 0.234 e. The van der Waals surface area contributed by atoms with Crippen LogP contribution in [0.4, 0.5) is 0 Å². The molecule has 1 aliphatic heterocycles. The van der Waals surface area contributed by atoms with Crippen molar-refractivity contribution in [3.8, 4) is 0 Å². The van der Waals surface area contributed by atoms with Gasteiger partial charge in [-0.2, -0.15) is 0 Å². The van der Waals surface area contributed by atoms with Gasteiger partial charge in [-0.05, 0) is 50.4 Å². The topological polar surface area (TPSA) is 62.3 Å². The molecular weight excluding hydrogens is 394 g/mol. The number of likely N-dealkylation sites (tertiary alicyclic amines) is 1. The third-order valence-electron chi connectivity index (χ3n) is 5.66. The van der Waals surface area contributed by atoms with E-state index in [0.29, 0.717) is 13.0 Å². The van der Waals surface area contributed by atoms with Crippen LogP contribution in [0.15, 0.2) is 54.6 Å². The first kappa shape index (κ1) is 20.7. The van der Waals surface area contributed by atoms with E-state index in [0.717, 1.165) is 41.9 Å². The minimum Gasteiger partial charge on any atom is -0.345 e. The molecule has 2 aromatic carbocycles. The van der Waals surface area contributed by atoms with Crippen molar-refractivity contribution in [2.24, 2.45) is 0 Å². The van der Waals surface area contributed by atoms with Crippen molar-refractivity contribution in [3.05, 3.63) is 65.2 Å². The number of piperidine rings is 1. The Bertz CT molecular complexity index is 984. The van der Waals surface area contributed by atoms with Crippen LogP contribution in [0.5, 0.6) is 0 Å². The molecule has 4 rings (SSSR count). The maximum Gasteiger partial charge on any atom is 0.234 e. The number of para-hydroxylation sites is 1. The maximum atomic E-state index is 12.8. The summed E-state index contributed by atoms with van der Waals surface area (Å²) in [5.41, 5.74) is 2.07. The summed E-state index contributed by atoms with van der Waals surface area (Å²) < 4.78 is 1.18. The van der Waals surface area contributed by atoms with Crippen molar-refractivity contribution in [2.75, 3.05) is 13.1 Å². The number of nitrogens with zero attached hydrogens (tertiary/aromatic N) is 2. The van der Waals surface area contributed by atoms with E-state index in [1.54, 1.807) is 18.3 Å². The number of Topliss-reactive ketones (excluding diaryl/α,β-unsaturated/α-hetero) is 1. The van der Waals surface area contributed by atoms with Crippen LogP contribution in [0.1, 0.15) is 42.8 Å². The van der Waals surface area contributed by atoms with Gasteiger partial charge in [-0.1, -0.05) is 48.9 Å². The Labute approximate surface area is 181 Å². The number of amides is 1. The molecular formula is C24H27N3O2S. The Morgan fingerprint density at radius 2 is 1.90 bits per heavy atom. The number of carbonyl (C=O) groups is 2. The lowest BCUT2D eigenvalue weighted by Crippen LogP contribution is -2.47. The van der Waals surface area contributed by atoms with Crippen molar-refractivity contribution in [3.63, 3.8) is 0 Å². The predicted octanol–water partition coefficient (Wildman–Crippen LogP) is 4.14. The minimum atomic E-state index is -0.495. The van der Waals surface area contributed by atoms with E-state index in [1.165, 1.54) is 4.70 Å². The molecule has 0 saturated carbocycles. The maximum absolute atomic E-state index is 12.8. The highest BCUT2D eigenvalue weighted by Crippen LogP contribution is 2.35. The Balaban J connectivity index is 1.44. The van der Waals surface area contributed by atoms with E-state index in [-0.39, 0.29) is 17.7 Å². The number of aromatic nitrogens is 1. The first-order chi connectivity index (χ1) is 14.6. The van der Waals surface area contributed by atoms with E-state index in [9.17, 15) is 9.59 Å². The Kier molecular flexibility index (Phi) is 6.55. The third kappa shape index (κ3) is 4.94. The molecule has 0 unspecified atom stereocenters. The van der Waals surface area contributed by atoms with Crippen LogP contribution in [0, 0.1) is 0 Å². The molecule has 0 bridgehead atoms. The fourth-order valence-electron chi connectivity index (χ4n) is 4.06. The summed E-state index contributed by atoms with van der Waals surface area (Å²) >= 11 is 1.72. The Morgan fingerprint density at radius 3 is 2.67 bits per heavy atom. The standard InChI is InChI=1S/C24H27N3O2S/c1-17(28)20(15-18-9-3-2-4-10-18)25-23(29)16-27-14-8-7-12-21(27)24-26-19-11-5-6-13-22(19)30-24/h2-6,9-11,13,20-21H,7-8,12,14-16H2,1H3,(H,25,29)/t20-,21+/m1/s1. The molecule has 1 fully saturated rings. The van der Waals surface area contributed by atoms with Gasteiger partial charge in [0.2, 0.25) is 5.91 Å². The fraction of sp³-hybridized carbons (Fsp3) is 0.375. The van der Waals surface area contributed by atoms with Gasteiger partial charge in [-0.25, -0.2) is 4.98 Å². The zero-order chi connectivity index (χ0) is 20.9. The van der Waals surface area contributed by atoms with Crippen molar-refractivity contribution in [2.45, 2.75) is 44.7 Å². The van der Waals surface area contributed by atoms with Gasteiger partial charge >= 0.3 is 0 Å². The second-order valence-electron chi connectivity index (χ2n) is 7.92. The van der Waals surface area contributed by atoms with Gasteiger partial charge < -0.3 is 5.32 Å². The van der Waals surface area contributed by atoms with Crippen molar-refractivity contribution < 1.29 is 9.59 Å². The van der Waals surface area contributed by atoms with Crippen LogP contribution in [0.25, 0.3) is 10.2 Å². The van der Waals surface area contributed by atoms with Crippen molar-refractivity contribution >= 4 is 33.2 Å². The molecule has 2 heterocycles. The van der Waals surface area contributed by atoms with Gasteiger partial charge in [0.15, 0.2) is 5.78 Å². The largest absolute Gasteiger partial charge is 0.345 e. The molecule has 0 radical (unpaired) electrons. The van der Waals surface area contributed by atoms with Crippen molar-refractivity contribution in [1.82, 2.24) is 15.2 Å². The first-order valence-corrected chi connectivity index (χ1v) is 11.3. The minimum absolute atomic E-state index is 0.0198. The summed E-state index contributed by atoms with van der Waals surface area (Å²) in [5.74, 6) is -0.118. The number of hydrogen-bond donors (Lipinski definition) is 1. The van der Waals surface area contributed by atoms with Crippen LogP contribution in [0.3, 0.4) is 0 Å². The molecule has 1 N–H and O–H groups in total. The van der Waals surface area contributed by atoms with Gasteiger partial charge in [0.1, 0.15) is 5.01 Å². The van der Waals surface area contributed by atoms with E-state index < -0.39 is 6.04 Å². The number of ketones is 1. The quantitative estimate of drug-likeness (QED) is 0.623. The molecule has 2 atom stereocenters. The highest BCUT2D eigenvalue weighted by molar-refractivity contribution is 7.18. The molecule has 6 heteroatoms. The number of hydrogen-bond acceptors (Lipinski definition) is 5. The van der Waals surface area contributed by atoms with Gasteiger partial charge in [-0.3, -0.25) is 14.5 Å². The number of rotatable bonds is 7. The Morgan fingerprint density at radius 1 is 1.13 bits per heavy atom. The number of fused-ring (bicyclic) bond motifs is 1. The highest BCUT2D eigenvalue weighted by Gasteiger charge is 2.29. The highest BCUT2D eigenvalue weighted by atomic mass is 32.1. The normalized spacial score (nSPS) is 18.2. The molecule has 1 amide bonds. The molecule has 1 aromatic heterocycles. The molecule has 156 valence electrons. The van der Waals surface area contributed by atoms with Crippen LogP contribution in [-0.4, -0.2) is 40.7 Å². The lowest BCUT2D eigenvalue weighted by Gasteiger charge is -2.34. The third-order valence-corrected chi connectivity index (χ3v) is 6.80. The van der Waals surface area contributed by atoms with Crippen LogP contribution in [-0.2, 0) is 16.0 Å². The fourth-order valence-corrected chi connectivity index (χ4v) is 5.20. The molecule has 3 aromatic rings. The molecule has 0 aliphatic carbocycles. The predicted molar refractivity (Wildman–Crippen MR) is 121 cm³/mol. The summed E-state index contributed by atoms with van der Waals surface area (Å²) in [6.45, 7) is 2.70. The van der Waals surface area contributed by atoms with E-state index in [4.69, 9.17) is 4.98 Å². The van der Waals surface area contributed by atoms with Gasteiger partial charge in [0.25, 0.3) is 0 Å². The SMILES string of the molecule is CC(=O)[C@@H](Cc1ccccc1)NC(=O)CN1CCCC[C@H]1c1nc2ccccc2s1. The second-order valence-corrected chi connectivity index (χ2v) is 8.98. The van der Waals surface area contributed by atoms with Gasteiger partial charge in [-0.15, -0.1) is 11.3 Å². The average Bonchev–Trinajstić information content (AvgIpc) is 3.18. The first-order valence-electron chi connectivity index (χ1n) is 10.5. The summed E-state index contributed by atoms with van der Waals surface area (Å²) in [5, 5.41) is 4.04. The zero-order valence-electron chi connectivity index (χ0n) is 17.2. The summed E-state index contributed by atoms with van der Waals surface area (Å²) in [6, 6.07) is 17.6. The molecule has 5 nitrogen and oxygen atoms in total. The molecule has 30 heavy (non-hydrogen) atoms. The lowest BCUT2D eigenvalue weighted by molar-refractivity contribution is -0.128. The summed E-state index contributed by atoms with van der Waals surface area (Å²) in [4.78, 5) is 32.0. The number of benzene rings is 2. The van der Waals surface area contributed by atoms with Gasteiger partial charge in [0.05, 0.1) is 28.8 Å². The van der Waals surface area contributed by atoms with E-state index in [1.807, 2.05) is 48.5 Å². The van der Waals surface area contributed by atoms with E-state index >= 15 is 0 Å². The summed E-state index contributed by atoms with van der Waals surface area (Å²) in [6.07, 6.45) is 3.74.